The number of aromatic nitrogens is 1. The molecule has 0 radical (unpaired) electrons. The largest absolute Gasteiger partial charge is 0.340 e. The monoisotopic (exact) mass is 573 g/mol. The Kier molecular flexibility index (Phi) is 7.74. The lowest BCUT2D eigenvalue weighted by atomic mass is 9.81. The van der Waals surface area contributed by atoms with Crippen molar-refractivity contribution in [1.82, 2.24) is 4.57 Å². The van der Waals surface area contributed by atoms with E-state index in [4.69, 9.17) is 0 Å². The van der Waals surface area contributed by atoms with Crippen molar-refractivity contribution in [3.05, 3.63) is 77.7 Å². The summed E-state index contributed by atoms with van der Waals surface area (Å²) in [4.78, 5) is -0.0636. The molecule has 6 nitrogen and oxygen atoms in total. The molecule has 1 aliphatic rings. The van der Waals surface area contributed by atoms with E-state index in [1.165, 1.54) is 33.1 Å². The second-order valence-corrected chi connectivity index (χ2v) is 14.2. The van der Waals surface area contributed by atoms with E-state index in [9.17, 15) is 13.0 Å². The fourth-order valence-electron chi connectivity index (χ4n) is 6.26. The number of quaternary nitrogens is 1. The fraction of sp³-hybridized carbons (Fsp3) is 0.382. The van der Waals surface area contributed by atoms with Gasteiger partial charge in [0.2, 0.25) is 5.69 Å². The first-order valence-corrected chi connectivity index (χ1v) is 16.0. The van der Waals surface area contributed by atoms with Crippen molar-refractivity contribution in [1.29, 1.82) is 0 Å². The first-order valence-electron chi connectivity index (χ1n) is 14.6. The molecule has 4 aromatic rings. The maximum Gasteiger partial charge on any atom is 0.294 e. The zero-order chi connectivity index (χ0) is 29.6. The third kappa shape index (κ3) is 5.63. The van der Waals surface area contributed by atoms with Crippen LogP contribution in [0.2, 0.25) is 0 Å². The van der Waals surface area contributed by atoms with Gasteiger partial charge in [-0.1, -0.05) is 49.8 Å². The minimum Gasteiger partial charge on any atom is -0.340 e. The van der Waals surface area contributed by atoms with Crippen LogP contribution in [-0.2, 0) is 22.1 Å². The summed E-state index contributed by atoms with van der Waals surface area (Å²) in [6, 6.07) is 18.1. The molecule has 1 aliphatic heterocycles. The van der Waals surface area contributed by atoms with E-state index in [1.54, 1.807) is 6.07 Å². The van der Waals surface area contributed by atoms with Gasteiger partial charge in [-0.15, -0.1) is 0 Å². The lowest BCUT2D eigenvalue weighted by Gasteiger charge is -2.23. The van der Waals surface area contributed by atoms with Gasteiger partial charge in [0.05, 0.1) is 44.4 Å². The van der Waals surface area contributed by atoms with Gasteiger partial charge >= 0.3 is 0 Å². The maximum absolute atomic E-state index is 12.0. The van der Waals surface area contributed by atoms with Gasteiger partial charge in [0.15, 0.2) is 12.3 Å². The van der Waals surface area contributed by atoms with Crippen LogP contribution < -0.4 is 5.35 Å². The summed E-state index contributed by atoms with van der Waals surface area (Å²) < 4.78 is 39.4. The highest BCUT2D eigenvalue weighted by molar-refractivity contribution is 7.85. The third-order valence-corrected chi connectivity index (χ3v) is 9.21. The second-order valence-electron chi connectivity index (χ2n) is 12.8. The highest BCUT2D eigenvalue weighted by Gasteiger charge is 2.44. The lowest BCUT2D eigenvalue weighted by Crippen LogP contribution is -2.36. The molecular weight excluding hydrogens is 530 g/mol. The molecule has 216 valence electrons. The Bertz CT molecular complexity index is 1830. The molecular formula is C34H43N3O3S+2. The molecule has 7 heteroatoms. The predicted molar refractivity (Wildman–Crippen MR) is 170 cm³/mol. The summed E-state index contributed by atoms with van der Waals surface area (Å²) in [5.41, 5.74) is 3.85. The molecule has 5 rings (SSSR count). The Labute approximate surface area is 244 Å². The normalized spacial score (nSPS) is 16.1. The summed E-state index contributed by atoms with van der Waals surface area (Å²) in [5.74, 6) is 0. The molecule has 0 saturated heterocycles. The number of allylic oxidation sites excluding steroid dienone is 2. The summed E-state index contributed by atoms with van der Waals surface area (Å²) in [7, 11) is 2.29. The number of hydrogen-bond donors (Lipinski definition) is 1. The minimum absolute atomic E-state index is 0.0636. The molecule has 0 amide bonds. The smallest absolute Gasteiger partial charge is 0.294 e. The Balaban J connectivity index is 1.64. The standard InChI is InChI=1S/C34H42N3O3S/c1-7-8-21-35-29(27-15-9-13-25-14-10-17-31(35)33(25)27)16-11-18-32-34(2,3)28-24-26(41(38,39)40)19-20-30(28)36(32)22-12-23-37(4,5)6/h9-11,13-20,24H,7-8,12,21-23H2,1-6H3/q+1/p+1. The molecule has 0 saturated carbocycles. The summed E-state index contributed by atoms with van der Waals surface area (Å²) >= 11 is 0. The van der Waals surface area contributed by atoms with Crippen LogP contribution in [0.15, 0.2) is 71.6 Å². The maximum atomic E-state index is 12.0. The zero-order valence-electron chi connectivity index (χ0n) is 25.2. The van der Waals surface area contributed by atoms with Gasteiger partial charge in [0.1, 0.15) is 0 Å². The van der Waals surface area contributed by atoms with E-state index in [2.05, 4.69) is 106 Å². The molecule has 2 heterocycles. The van der Waals surface area contributed by atoms with Crippen LogP contribution in [0.1, 0.15) is 45.6 Å². The van der Waals surface area contributed by atoms with Crippen LogP contribution in [0.5, 0.6) is 0 Å². The van der Waals surface area contributed by atoms with Crippen LogP contribution in [-0.4, -0.2) is 66.5 Å². The molecule has 1 aromatic heterocycles. The van der Waals surface area contributed by atoms with Crippen molar-refractivity contribution < 1.29 is 22.0 Å². The van der Waals surface area contributed by atoms with Gasteiger partial charge in [-0.3, -0.25) is 4.55 Å². The number of unbranched alkanes of at least 4 members (excludes halogenated alkanes) is 1. The van der Waals surface area contributed by atoms with E-state index >= 15 is 0 Å². The van der Waals surface area contributed by atoms with Crippen molar-refractivity contribution in [2.45, 2.75) is 56.9 Å². The Hall–Kier alpha value is -3.26. The average Bonchev–Trinajstić information content (AvgIpc) is 3.31. The van der Waals surface area contributed by atoms with Crippen molar-refractivity contribution >= 4 is 49.3 Å². The fourth-order valence-corrected chi connectivity index (χ4v) is 6.77. The molecule has 0 unspecified atom stereocenters. The van der Waals surface area contributed by atoms with Gasteiger partial charge in [0, 0.05) is 45.9 Å². The van der Waals surface area contributed by atoms with Gasteiger partial charge in [-0.05, 0) is 49.9 Å². The van der Waals surface area contributed by atoms with E-state index in [1.807, 2.05) is 6.07 Å². The SMILES string of the molecule is CCCCn1/c(=C/C=C/C2=[N+](CCC[N+](C)(C)C)c3ccc(S(=O)(=O)O)cc3C2(C)C)c2cccc3cccc1c32. The van der Waals surface area contributed by atoms with Crippen LogP contribution in [0.3, 0.4) is 0 Å². The summed E-state index contributed by atoms with van der Waals surface area (Å²) in [6.07, 6.45) is 9.79. The van der Waals surface area contributed by atoms with E-state index < -0.39 is 15.5 Å². The molecule has 0 bridgehead atoms. The lowest BCUT2D eigenvalue weighted by molar-refractivity contribution is -0.871. The number of hydrogen-bond acceptors (Lipinski definition) is 2. The molecule has 0 aliphatic carbocycles. The summed E-state index contributed by atoms with van der Waals surface area (Å²) in [5, 5.41) is 5.04. The van der Waals surface area contributed by atoms with Gasteiger partial charge in [0.25, 0.3) is 10.1 Å². The van der Waals surface area contributed by atoms with Crippen LogP contribution >= 0.6 is 0 Å². The molecule has 0 fully saturated rings. The van der Waals surface area contributed by atoms with Crippen molar-refractivity contribution in [2.75, 3.05) is 34.2 Å². The number of rotatable bonds is 10. The van der Waals surface area contributed by atoms with Crippen molar-refractivity contribution in [3.8, 4) is 0 Å². The predicted octanol–water partition coefficient (Wildman–Crippen LogP) is 6.07. The highest BCUT2D eigenvalue weighted by atomic mass is 32.2. The number of fused-ring (bicyclic) bond motifs is 1. The van der Waals surface area contributed by atoms with E-state index in [-0.39, 0.29) is 4.90 Å². The third-order valence-electron chi connectivity index (χ3n) is 8.36. The minimum atomic E-state index is -4.30. The van der Waals surface area contributed by atoms with Gasteiger partial charge in [-0.25, -0.2) is 0 Å². The zero-order valence-corrected chi connectivity index (χ0v) is 26.0. The molecule has 0 atom stereocenters. The molecule has 3 aromatic carbocycles. The molecule has 0 spiro atoms. The van der Waals surface area contributed by atoms with E-state index in [0.717, 1.165) is 60.3 Å². The molecule has 1 N–H and O–H groups in total. The van der Waals surface area contributed by atoms with E-state index in [0.29, 0.717) is 0 Å². The Morgan fingerprint density at radius 1 is 1.02 bits per heavy atom. The number of nitrogens with zero attached hydrogens (tertiary/aromatic N) is 3. The van der Waals surface area contributed by atoms with Crippen LogP contribution in [0.4, 0.5) is 5.69 Å². The topological polar surface area (TPSA) is 62.3 Å². The number of benzene rings is 3. The van der Waals surface area contributed by atoms with Crippen molar-refractivity contribution in [3.63, 3.8) is 0 Å². The second kappa shape index (κ2) is 10.9. The summed E-state index contributed by atoms with van der Waals surface area (Å²) in [6.45, 7) is 9.29. The first-order chi connectivity index (χ1) is 19.3. The van der Waals surface area contributed by atoms with Crippen molar-refractivity contribution in [2.24, 2.45) is 0 Å². The number of aryl methyl sites for hydroxylation is 1. The highest BCUT2D eigenvalue weighted by Crippen LogP contribution is 2.41. The van der Waals surface area contributed by atoms with Gasteiger partial charge in [-0.2, -0.15) is 13.0 Å². The Morgan fingerprint density at radius 3 is 2.44 bits per heavy atom. The van der Waals surface area contributed by atoms with Gasteiger partial charge < -0.3 is 9.05 Å². The Morgan fingerprint density at radius 2 is 1.76 bits per heavy atom. The van der Waals surface area contributed by atoms with Crippen LogP contribution in [0, 0.1) is 0 Å². The first kappa shape index (κ1) is 29.2. The molecule has 41 heavy (non-hydrogen) atoms. The van der Waals surface area contributed by atoms with Crippen LogP contribution in [0.25, 0.3) is 27.8 Å². The average molecular weight is 574 g/mol. The quantitative estimate of drug-likeness (QED) is 0.142.